The van der Waals surface area contributed by atoms with E-state index in [4.69, 9.17) is 4.74 Å². The Balaban J connectivity index is 4.35. The van der Waals surface area contributed by atoms with Gasteiger partial charge in [-0.2, -0.15) is 0 Å². The van der Waals surface area contributed by atoms with Crippen molar-refractivity contribution in [3.05, 3.63) is 12.3 Å². The molecule has 0 bridgehead atoms. The number of hydrogen-bond acceptors (Lipinski definition) is 2. The predicted molar refractivity (Wildman–Crippen MR) is 50.8 cm³/mol. The first-order chi connectivity index (χ1) is 5.25. The van der Waals surface area contributed by atoms with Gasteiger partial charge < -0.3 is 9.84 Å². The first-order valence-corrected chi connectivity index (χ1v) is 4.29. The maximum atomic E-state index is 9.73. The van der Waals surface area contributed by atoms with Crippen molar-refractivity contribution in [3.8, 4) is 0 Å². The third kappa shape index (κ3) is 3.77. The summed E-state index contributed by atoms with van der Waals surface area (Å²) in [5.74, 6) is 0.928. The van der Waals surface area contributed by atoms with Gasteiger partial charge >= 0.3 is 0 Å². The highest BCUT2D eigenvalue weighted by molar-refractivity contribution is 4.86. The maximum absolute atomic E-state index is 9.73. The Morgan fingerprint density at radius 1 is 1.42 bits per heavy atom. The summed E-state index contributed by atoms with van der Waals surface area (Å²) >= 11 is 0. The van der Waals surface area contributed by atoms with Gasteiger partial charge in [0.2, 0.25) is 0 Å². The van der Waals surface area contributed by atoms with Gasteiger partial charge in [0.05, 0.1) is 11.4 Å². The number of aliphatic hydroxyl groups is 1. The second-order valence-corrected chi connectivity index (χ2v) is 4.14. The zero-order chi connectivity index (χ0) is 9.94. The Morgan fingerprint density at radius 2 is 1.83 bits per heavy atom. The summed E-state index contributed by atoms with van der Waals surface area (Å²) in [6.45, 7) is 13.0. The van der Waals surface area contributed by atoms with Crippen LogP contribution in [0.15, 0.2) is 12.3 Å². The third-order valence-corrected chi connectivity index (χ3v) is 1.63. The van der Waals surface area contributed by atoms with Crippen molar-refractivity contribution in [3.63, 3.8) is 0 Å². The third-order valence-electron chi connectivity index (χ3n) is 1.63. The molecular formula is C10H20O2. The lowest BCUT2D eigenvalue weighted by Crippen LogP contribution is -2.41. The predicted octanol–water partition coefficient (Wildman–Crippen LogP) is 2.33. The van der Waals surface area contributed by atoms with Crippen LogP contribution in [0.1, 0.15) is 34.6 Å². The SMILES string of the molecule is C=C(C)O[C@@H](C(C)C)C(C)(C)O. The smallest absolute Gasteiger partial charge is 0.128 e. The van der Waals surface area contributed by atoms with E-state index in [-0.39, 0.29) is 12.0 Å². The van der Waals surface area contributed by atoms with Gasteiger partial charge in [-0.15, -0.1) is 0 Å². The molecule has 0 heterocycles. The van der Waals surface area contributed by atoms with Crippen LogP contribution in [-0.4, -0.2) is 16.8 Å². The van der Waals surface area contributed by atoms with Crippen LogP contribution in [0.3, 0.4) is 0 Å². The quantitative estimate of drug-likeness (QED) is 0.659. The molecule has 0 aliphatic heterocycles. The Kier molecular flexibility index (Phi) is 3.78. The average molecular weight is 172 g/mol. The Morgan fingerprint density at radius 3 is 1.92 bits per heavy atom. The lowest BCUT2D eigenvalue weighted by molar-refractivity contribution is -0.0842. The largest absolute Gasteiger partial charge is 0.492 e. The van der Waals surface area contributed by atoms with Crippen molar-refractivity contribution in [2.45, 2.75) is 46.3 Å². The van der Waals surface area contributed by atoms with E-state index in [1.165, 1.54) is 0 Å². The van der Waals surface area contributed by atoms with Crippen LogP contribution < -0.4 is 0 Å². The minimum Gasteiger partial charge on any atom is -0.492 e. The maximum Gasteiger partial charge on any atom is 0.128 e. The molecular weight excluding hydrogens is 152 g/mol. The van der Waals surface area contributed by atoms with Crippen LogP contribution in [0.4, 0.5) is 0 Å². The van der Waals surface area contributed by atoms with Crippen molar-refractivity contribution in [1.82, 2.24) is 0 Å². The molecule has 0 rings (SSSR count). The van der Waals surface area contributed by atoms with Crippen LogP contribution in [0.2, 0.25) is 0 Å². The highest BCUT2D eigenvalue weighted by atomic mass is 16.5. The van der Waals surface area contributed by atoms with Gasteiger partial charge in [0.1, 0.15) is 6.10 Å². The van der Waals surface area contributed by atoms with E-state index >= 15 is 0 Å². The van der Waals surface area contributed by atoms with E-state index in [0.29, 0.717) is 5.76 Å². The molecule has 72 valence electrons. The van der Waals surface area contributed by atoms with Gasteiger partial charge in [-0.05, 0) is 26.7 Å². The molecule has 2 nitrogen and oxygen atoms in total. The molecule has 1 N–H and O–H groups in total. The van der Waals surface area contributed by atoms with Crippen molar-refractivity contribution < 1.29 is 9.84 Å². The van der Waals surface area contributed by atoms with E-state index < -0.39 is 5.60 Å². The molecule has 0 fully saturated rings. The molecule has 0 aromatic heterocycles. The monoisotopic (exact) mass is 172 g/mol. The minimum atomic E-state index is -0.812. The van der Waals surface area contributed by atoms with Crippen LogP contribution in [0, 0.1) is 5.92 Å². The lowest BCUT2D eigenvalue weighted by Gasteiger charge is -2.32. The fraction of sp³-hybridized carbons (Fsp3) is 0.800. The molecule has 0 aliphatic rings. The molecule has 0 radical (unpaired) electrons. The molecule has 0 saturated heterocycles. The first kappa shape index (κ1) is 11.5. The molecule has 0 unspecified atom stereocenters. The lowest BCUT2D eigenvalue weighted by atomic mass is 9.92. The van der Waals surface area contributed by atoms with E-state index in [0.717, 1.165) is 0 Å². The molecule has 0 aromatic rings. The summed E-state index contributed by atoms with van der Waals surface area (Å²) in [4.78, 5) is 0. The zero-order valence-electron chi connectivity index (χ0n) is 8.72. The summed E-state index contributed by atoms with van der Waals surface area (Å²) in [7, 11) is 0. The van der Waals surface area contributed by atoms with E-state index in [1.54, 1.807) is 20.8 Å². The summed E-state index contributed by atoms with van der Waals surface area (Å²) in [5, 5.41) is 9.73. The number of rotatable bonds is 4. The summed E-state index contributed by atoms with van der Waals surface area (Å²) in [6.07, 6.45) is -0.185. The van der Waals surface area contributed by atoms with Crippen molar-refractivity contribution in [2.75, 3.05) is 0 Å². The molecule has 0 aromatic carbocycles. The van der Waals surface area contributed by atoms with Crippen LogP contribution in [-0.2, 0) is 4.74 Å². The van der Waals surface area contributed by atoms with Crippen molar-refractivity contribution >= 4 is 0 Å². The van der Waals surface area contributed by atoms with Gasteiger partial charge in [0.15, 0.2) is 0 Å². The van der Waals surface area contributed by atoms with Gasteiger partial charge in [-0.3, -0.25) is 0 Å². The molecule has 12 heavy (non-hydrogen) atoms. The van der Waals surface area contributed by atoms with Gasteiger partial charge in [0, 0.05) is 0 Å². The second-order valence-electron chi connectivity index (χ2n) is 4.14. The molecule has 2 heteroatoms. The molecule has 0 spiro atoms. The first-order valence-electron chi connectivity index (χ1n) is 4.29. The fourth-order valence-corrected chi connectivity index (χ4v) is 1.31. The van der Waals surface area contributed by atoms with Crippen molar-refractivity contribution in [2.24, 2.45) is 5.92 Å². The number of hydrogen-bond donors (Lipinski definition) is 1. The number of allylic oxidation sites excluding steroid dienone is 1. The van der Waals surface area contributed by atoms with Gasteiger partial charge in [0.25, 0.3) is 0 Å². The molecule has 0 aliphatic carbocycles. The highest BCUT2D eigenvalue weighted by Crippen LogP contribution is 2.22. The van der Waals surface area contributed by atoms with E-state index in [9.17, 15) is 5.11 Å². The molecule has 1 atom stereocenters. The van der Waals surface area contributed by atoms with Gasteiger partial charge in [-0.25, -0.2) is 0 Å². The van der Waals surface area contributed by atoms with Crippen LogP contribution in [0.5, 0.6) is 0 Å². The van der Waals surface area contributed by atoms with Crippen molar-refractivity contribution in [1.29, 1.82) is 0 Å². The normalized spacial score (nSPS) is 14.6. The summed E-state index contributed by atoms with van der Waals surface area (Å²) in [6, 6.07) is 0. The van der Waals surface area contributed by atoms with Crippen LogP contribution in [0.25, 0.3) is 0 Å². The second kappa shape index (κ2) is 3.94. The molecule has 0 amide bonds. The van der Waals surface area contributed by atoms with E-state index in [2.05, 4.69) is 6.58 Å². The molecule has 0 saturated carbocycles. The Hall–Kier alpha value is -0.500. The average Bonchev–Trinajstić information content (AvgIpc) is 1.79. The summed E-state index contributed by atoms with van der Waals surface area (Å²) in [5.41, 5.74) is -0.812. The standard InChI is InChI=1S/C10H20O2/c1-7(2)9(10(5,6)11)12-8(3)4/h7,9,11H,3H2,1-2,4-6H3/t9-/m0/s1. The fourth-order valence-electron chi connectivity index (χ4n) is 1.31. The van der Waals surface area contributed by atoms with Crippen LogP contribution >= 0.6 is 0 Å². The summed E-state index contributed by atoms with van der Waals surface area (Å²) < 4.78 is 5.43. The Labute approximate surface area is 75.2 Å². The minimum absolute atomic E-state index is 0.185. The Bertz CT molecular complexity index is 154. The highest BCUT2D eigenvalue weighted by Gasteiger charge is 2.31. The topological polar surface area (TPSA) is 29.5 Å². The van der Waals surface area contributed by atoms with E-state index in [1.807, 2.05) is 13.8 Å². The van der Waals surface area contributed by atoms with Gasteiger partial charge in [-0.1, -0.05) is 20.4 Å². The number of ether oxygens (including phenoxy) is 1. The zero-order valence-corrected chi connectivity index (χ0v) is 8.72.